The number of hydrogen-bond acceptors (Lipinski definition) is 4. The van der Waals surface area contributed by atoms with Gasteiger partial charge in [0.05, 0.1) is 15.3 Å². The lowest BCUT2D eigenvalue weighted by molar-refractivity contribution is 0.0790. The number of rotatable bonds is 4. The van der Waals surface area contributed by atoms with Crippen LogP contribution >= 0.6 is 11.3 Å². The van der Waals surface area contributed by atoms with Crippen LogP contribution in [0.2, 0.25) is 0 Å². The number of nitrogens with zero attached hydrogens (tertiary/aromatic N) is 2. The molecule has 23 heavy (non-hydrogen) atoms. The zero-order chi connectivity index (χ0) is 16.4. The summed E-state index contributed by atoms with van der Waals surface area (Å²) < 4.78 is 0. The van der Waals surface area contributed by atoms with Crippen molar-refractivity contribution in [3.63, 3.8) is 0 Å². The normalized spacial score (nSPS) is 10.7. The standard InChI is InChI=1S/C18H16N2O2S/c1-12(21)16-8-9-17(23-16)18(22)20(2)11-13-5-3-7-15-14(13)6-4-10-19-15/h3-10H,11H2,1-2H3. The van der Waals surface area contributed by atoms with E-state index in [4.69, 9.17) is 0 Å². The Kier molecular flexibility index (Phi) is 4.21. The number of pyridine rings is 1. The molecule has 4 nitrogen and oxygen atoms in total. The largest absolute Gasteiger partial charge is 0.337 e. The Hall–Kier alpha value is -2.53. The summed E-state index contributed by atoms with van der Waals surface area (Å²) in [6.07, 6.45) is 1.76. The summed E-state index contributed by atoms with van der Waals surface area (Å²) in [5, 5.41) is 1.05. The van der Waals surface area contributed by atoms with E-state index in [2.05, 4.69) is 4.98 Å². The van der Waals surface area contributed by atoms with Crippen LogP contribution in [0.3, 0.4) is 0 Å². The van der Waals surface area contributed by atoms with Gasteiger partial charge in [-0.25, -0.2) is 0 Å². The lowest BCUT2D eigenvalue weighted by Crippen LogP contribution is -2.25. The molecule has 3 aromatic rings. The predicted octanol–water partition coefficient (Wildman–Crippen LogP) is 3.77. The van der Waals surface area contributed by atoms with Crippen LogP contribution in [0, 0.1) is 0 Å². The van der Waals surface area contributed by atoms with Gasteiger partial charge in [0.1, 0.15) is 0 Å². The highest BCUT2D eigenvalue weighted by Crippen LogP contribution is 2.21. The molecule has 0 aliphatic heterocycles. The molecule has 0 aliphatic rings. The predicted molar refractivity (Wildman–Crippen MR) is 91.9 cm³/mol. The maximum atomic E-state index is 12.5. The maximum absolute atomic E-state index is 12.5. The number of benzene rings is 1. The van der Waals surface area contributed by atoms with Crippen molar-refractivity contribution in [3.8, 4) is 0 Å². The van der Waals surface area contributed by atoms with E-state index in [0.29, 0.717) is 16.3 Å². The van der Waals surface area contributed by atoms with E-state index >= 15 is 0 Å². The minimum atomic E-state index is -0.0802. The number of amides is 1. The molecule has 1 aromatic carbocycles. The van der Waals surface area contributed by atoms with Gasteiger partial charge >= 0.3 is 0 Å². The van der Waals surface area contributed by atoms with Crippen LogP contribution in [0.5, 0.6) is 0 Å². The molecule has 5 heteroatoms. The number of carbonyl (C=O) groups excluding carboxylic acids is 2. The molecule has 0 radical (unpaired) electrons. The van der Waals surface area contributed by atoms with Crippen LogP contribution in [0.25, 0.3) is 10.9 Å². The molecule has 0 spiro atoms. The summed E-state index contributed by atoms with van der Waals surface area (Å²) in [7, 11) is 1.77. The third-order valence-corrected chi connectivity index (χ3v) is 4.83. The van der Waals surface area contributed by atoms with E-state index in [9.17, 15) is 9.59 Å². The van der Waals surface area contributed by atoms with Gasteiger partial charge in [0, 0.05) is 25.2 Å². The van der Waals surface area contributed by atoms with Crippen molar-refractivity contribution in [2.24, 2.45) is 0 Å². The SMILES string of the molecule is CC(=O)c1ccc(C(=O)N(C)Cc2cccc3ncccc23)s1. The third kappa shape index (κ3) is 3.14. The van der Waals surface area contributed by atoms with Crippen molar-refractivity contribution in [2.75, 3.05) is 7.05 Å². The first-order chi connectivity index (χ1) is 11.1. The van der Waals surface area contributed by atoms with Crippen LogP contribution in [0.15, 0.2) is 48.7 Å². The second-order valence-electron chi connectivity index (χ2n) is 5.37. The van der Waals surface area contributed by atoms with E-state index < -0.39 is 0 Å². The topological polar surface area (TPSA) is 50.3 Å². The molecule has 0 bridgehead atoms. The molecule has 0 aliphatic carbocycles. The molecule has 0 saturated heterocycles. The third-order valence-electron chi connectivity index (χ3n) is 3.65. The quantitative estimate of drug-likeness (QED) is 0.686. The molecule has 0 saturated carbocycles. The van der Waals surface area contributed by atoms with Gasteiger partial charge in [-0.2, -0.15) is 0 Å². The fraction of sp³-hybridized carbons (Fsp3) is 0.167. The fourth-order valence-corrected chi connectivity index (χ4v) is 3.36. The van der Waals surface area contributed by atoms with Crippen LogP contribution in [-0.4, -0.2) is 28.6 Å². The maximum Gasteiger partial charge on any atom is 0.263 e. The van der Waals surface area contributed by atoms with E-state index in [1.165, 1.54) is 18.3 Å². The van der Waals surface area contributed by atoms with Gasteiger partial charge in [0.15, 0.2) is 5.78 Å². The molecule has 1 amide bonds. The molecule has 0 atom stereocenters. The monoisotopic (exact) mass is 324 g/mol. The van der Waals surface area contributed by atoms with E-state index in [0.717, 1.165) is 16.5 Å². The highest BCUT2D eigenvalue weighted by molar-refractivity contribution is 7.15. The van der Waals surface area contributed by atoms with Crippen LogP contribution in [-0.2, 0) is 6.54 Å². The van der Waals surface area contributed by atoms with Gasteiger partial charge in [-0.15, -0.1) is 11.3 Å². The average molecular weight is 324 g/mol. The van der Waals surface area contributed by atoms with Crippen molar-refractivity contribution in [2.45, 2.75) is 13.5 Å². The van der Waals surface area contributed by atoms with Crippen molar-refractivity contribution in [3.05, 3.63) is 64.0 Å². The molecule has 3 rings (SSSR count). The second kappa shape index (κ2) is 6.30. The summed E-state index contributed by atoms with van der Waals surface area (Å²) in [4.78, 5) is 31.1. The smallest absolute Gasteiger partial charge is 0.263 e. The minimum absolute atomic E-state index is 0.0168. The Morgan fingerprint density at radius 3 is 2.61 bits per heavy atom. The summed E-state index contributed by atoms with van der Waals surface area (Å²) in [6.45, 7) is 2.00. The summed E-state index contributed by atoms with van der Waals surface area (Å²) in [6, 6.07) is 13.2. The summed E-state index contributed by atoms with van der Waals surface area (Å²) in [5.41, 5.74) is 1.97. The number of aromatic nitrogens is 1. The first-order valence-electron chi connectivity index (χ1n) is 7.25. The summed E-state index contributed by atoms with van der Waals surface area (Å²) in [5.74, 6) is -0.0970. The lowest BCUT2D eigenvalue weighted by Gasteiger charge is -2.17. The average Bonchev–Trinajstić information content (AvgIpc) is 3.04. The molecule has 0 fully saturated rings. The molecule has 2 heterocycles. The highest BCUT2D eigenvalue weighted by Gasteiger charge is 2.16. The number of carbonyl (C=O) groups is 2. The van der Waals surface area contributed by atoms with Gasteiger partial charge < -0.3 is 4.90 Å². The molecule has 0 unspecified atom stereocenters. The van der Waals surface area contributed by atoms with E-state index in [1.807, 2.05) is 30.3 Å². The van der Waals surface area contributed by atoms with Crippen molar-refractivity contribution in [1.82, 2.24) is 9.88 Å². The lowest BCUT2D eigenvalue weighted by atomic mass is 10.1. The number of thiophene rings is 1. The molecule has 0 N–H and O–H groups in total. The van der Waals surface area contributed by atoms with Crippen LogP contribution in [0.1, 0.15) is 31.8 Å². The Morgan fingerprint density at radius 2 is 1.87 bits per heavy atom. The first kappa shape index (κ1) is 15.4. The number of ketones is 1. The van der Waals surface area contributed by atoms with Gasteiger partial charge in [-0.05, 0) is 36.8 Å². The Labute approximate surface area is 138 Å². The molecule has 116 valence electrons. The number of fused-ring (bicyclic) bond motifs is 1. The fourth-order valence-electron chi connectivity index (χ4n) is 2.46. The molecular formula is C18H16N2O2S. The van der Waals surface area contributed by atoms with Gasteiger partial charge in [0.2, 0.25) is 0 Å². The summed E-state index contributed by atoms with van der Waals surface area (Å²) >= 11 is 1.24. The second-order valence-corrected chi connectivity index (χ2v) is 6.45. The van der Waals surface area contributed by atoms with E-state index in [1.54, 1.807) is 30.3 Å². The number of Topliss-reactive ketones (excluding diaryl/α,β-unsaturated/α-hetero) is 1. The Bertz CT molecular complexity index is 880. The molecular weight excluding hydrogens is 308 g/mol. The van der Waals surface area contributed by atoms with Gasteiger partial charge in [0.25, 0.3) is 5.91 Å². The van der Waals surface area contributed by atoms with Crippen molar-refractivity contribution in [1.29, 1.82) is 0 Å². The minimum Gasteiger partial charge on any atom is -0.337 e. The number of hydrogen-bond donors (Lipinski definition) is 0. The van der Waals surface area contributed by atoms with E-state index in [-0.39, 0.29) is 11.7 Å². The molecule has 2 aromatic heterocycles. The van der Waals surface area contributed by atoms with Gasteiger partial charge in [-0.1, -0.05) is 18.2 Å². The highest BCUT2D eigenvalue weighted by atomic mass is 32.1. The van der Waals surface area contributed by atoms with Crippen molar-refractivity contribution >= 4 is 33.9 Å². The first-order valence-corrected chi connectivity index (χ1v) is 8.07. The Balaban J connectivity index is 1.83. The Morgan fingerprint density at radius 1 is 1.09 bits per heavy atom. The van der Waals surface area contributed by atoms with Gasteiger partial charge in [-0.3, -0.25) is 14.6 Å². The zero-order valence-corrected chi connectivity index (χ0v) is 13.8. The van der Waals surface area contributed by atoms with Crippen molar-refractivity contribution < 1.29 is 9.59 Å². The zero-order valence-electron chi connectivity index (χ0n) is 12.9. The van der Waals surface area contributed by atoms with Crippen LogP contribution in [0.4, 0.5) is 0 Å². The van der Waals surface area contributed by atoms with Crippen LogP contribution < -0.4 is 0 Å².